The van der Waals surface area contributed by atoms with Crippen LogP contribution in [0.5, 0.6) is 0 Å². The zero-order chi connectivity index (χ0) is 17.7. The molecule has 0 bridgehead atoms. The molecule has 133 valence electrons. The van der Waals surface area contributed by atoms with E-state index in [4.69, 9.17) is 19.6 Å². The molecule has 0 spiro atoms. The van der Waals surface area contributed by atoms with Crippen LogP contribution < -0.4 is 0 Å². The van der Waals surface area contributed by atoms with Crippen LogP contribution in [0.2, 0.25) is 0 Å². The van der Waals surface area contributed by atoms with E-state index in [9.17, 15) is 14.2 Å². The van der Waals surface area contributed by atoms with Crippen molar-refractivity contribution in [3.8, 4) is 0 Å². The molecule has 8 nitrogen and oxygen atoms in total. The summed E-state index contributed by atoms with van der Waals surface area (Å²) < 4.78 is 22.5. The first-order chi connectivity index (χ1) is 10.5. The third-order valence-electron chi connectivity index (χ3n) is 3.61. The van der Waals surface area contributed by atoms with Crippen LogP contribution in [0.15, 0.2) is 30.3 Å². The molecule has 0 aliphatic heterocycles. The average Bonchev–Trinajstić information content (AvgIpc) is 2.43. The topological polar surface area (TPSA) is 139 Å². The number of rotatable bonds is 9. The molecule has 1 rings (SSSR count). The molecular weight excluding hydrogens is 367 g/mol. The summed E-state index contributed by atoms with van der Waals surface area (Å²) in [6.07, 6.45) is 0.862. The fraction of sp³-hybridized carbons (Fsp3) is 0.538. The summed E-state index contributed by atoms with van der Waals surface area (Å²) in [6, 6.07) is 9.75. The van der Waals surface area contributed by atoms with Gasteiger partial charge in [0.15, 0.2) is 0 Å². The molecule has 0 amide bonds. The smallest absolute Gasteiger partial charge is 0.367 e. The van der Waals surface area contributed by atoms with Gasteiger partial charge in [-0.2, -0.15) is 0 Å². The zero-order valence-corrected chi connectivity index (χ0v) is 17.6. The Kier molecular flexibility index (Phi) is 10.1. The fourth-order valence-electron chi connectivity index (χ4n) is 2.11. The van der Waals surface area contributed by atoms with Crippen molar-refractivity contribution in [1.29, 1.82) is 0 Å². The summed E-state index contributed by atoms with van der Waals surface area (Å²) >= 11 is 0. The maximum Gasteiger partial charge on any atom is 0.369 e. The molecule has 24 heavy (non-hydrogen) atoms. The fourth-order valence-corrected chi connectivity index (χ4v) is 4.25. The molecule has 0 aromatic heterocycles. The Hall–Kier alpha value is 0.440. The Bertz CT molecular complexity index is 567. The number of aliphatic hydroxyl groups is 1. The van der Waals surface area contributed by atoms with E-state index in [0.717, 1.165) is 18.4 Å². The summed E-state index contributed by atoms with van der Waals surface area (Å²) in [7, 11) is -9.09. The standard InChI is InChI=1S/C13H23NO7P2.Na/c1-14(10-5-8-12-6-3-2-4-7-12)11-9-13(15,22(16,17)18)23(19,20)21;/h2-4,6-7,15H,5,8-11H2,1H3,(H2,16,17,18)(H2,19,20,21);. The van der Waals surface area contributed by atoms with E-state index in [1.807, 2.05) is 30.3 Å². The third-order valence-corrected chi connectivity index (χ3v) is 7.49. The Labute approximate surface area is 163 Å². The van der Waals surface area contributed by atoms with Crippen LogP contribution in [0.25, 0.3) is 0 Å². The van der Waals surface area contributed by atoms with Crippen LogP contribution in [-0.2, 0) is 15.6 Å². The summed E-state index contributed by atoms with van der Waals surface area (Å²) in [5.41, 5.74) is 1.16. The first kappa shape index (κ1) is 24.4. The minimum atomic E-state index is -5.37. The van der Waals surface area contributed by atoms with Crippen LogP contribution in [-0.4, -0.2) is 84.4 Å². The molecule has 0 unspecified atom stereocenters. The first-order valence-corrected chi connectivity index (χ1v) is 10.3. The molecule has 5 N–H and O–H groups in total. The van der Waals surface area contributed by atoms with Crippen molar-refractivity contribution < 1.29 is 33.8 Å². The molecule has 1 aromatic carbocycles. The Morgan fingerprint density at radius 2 is 1.50 bits per heavy atom. The van der Waals surface area contributed by atoms with Gasteiger partial charge in [-0.15, -0.1) is 0 Å². The van der Waals surface area contributed by atoms with E-state index < -0.39 is 26.7 Å². The maximum atomic E-state index is 11.2. The van der Waals surface area contributed by atoms with Gasteiger partial charge in [-0.3, -0.25) is 9.13 Å². The van der Waals surface area contributed by atoms with Crippen molar-refractivity contribution in [2.45, 2.75) is 24.3 Å². The molecule has 0 saturated carbocycles. The molecule has 11 heteroatoms. The Balaban J connectivity index is 0.00000529. The molecule has 0 aliphatic carbocycles. The molecule has 1 radical (unpaired) electrons. The minimum absolute atomic E-state index is 0. The van der Waals surface area contributed by atoms with Crippen molar-refractivity contribution in [2.75, 3.05) is 20.1 Å². The molecule has 0 heterocycles. The summed E-state index contributed by atoms with van der Waals surface area (Å²) in [5, 5.41) is 6.44. The predicted octanol–water partition coefficient (Wildman–Crippen LogP) is 0.562. The Morgan fingerprint density at radius 1 is 1.00 bits per heavy atom. The van der Waals surface area contributed by atoms with Crippen LogP contribution in [0.3, 0.4) is 0 Å². The van der Waals surface area contributed by atoms with Gasteiger partial charge in [-0.1, -0.05) is 30.3 Å². The number of aryl methyl sites for hydroxylation is 1. The van der Waals surface area contributed by atoms with E-state index in [1.165, 1.54) is 0 Å². The molecule has 0 saturated heterocycles. The maximum absolute atomic E-state index is 11.2. The van der Waals surface area contributed by atoms with E-state index in [-0.39, 0.29) is 36.1 Å². The van der Waals surface area contributed by atoms with E-state index >= 15 is 0 Å². The minimum Gasteiger partial charge on any atom is -0.367 e. The second-order valence-corrected chi connectivity index (χ2v) is 9.51. The van der Waals surface area contributed by atoms with Crippen LogP contribution in [0.4, 0.5) is 0 Å². The van der Waals surface area contributed by atoms with Gasteiger partial charge in [0, 0.05) is 42.5 Å². The van der Waals surface area contributed by atoms with Crippen molar-refractivity contribution in [1.82, 2.24) is 4.90 Å². The molecule has 1 aromatic rings. The van der Waals surface area contributed by atoms with E-state index in [0.29, 0.717) is 6.54 Å². The van der Waals surface area contributed by atoms with E-state index in [2.05, 4.69) is 0 Å². The number of hydrogen-bond donors (Lipinski definition) is 5. The third kappa shape index (κ3) is 6.98. The van der Waals surface area contributed by atoms with Crippen LogP contribution in [0.1, 0.15) is 18.4 Å². The molecule has 0 atom stereocenters. The largest absolute Gasteiger partial charge is 0.369 e. The summed E-state index contributed by atoms with van der Waals surface area (Å²) in [5.74, 6) is 0. The van der Waals surface area contributed by atoms with Crippen molar-refractivity contribution in [3.63, 3.8) is 0 Å². The van der Waals surface area contributed by atoms with Crippen LogP contribution in [0, 0.1) is 0 Å². The Morgan fingerprint density at radius 3 is 1.96 bits per heavy atom. The zero-order valence-electron chi connectivity index (χ0n) is 13.8. The van der Waals surface area contributed by atoms with Gasteiger partial charge in [0.25, 0.3) is 5.08 Å². The van der Waals surface area contributed by atoms with Gasteiger partial charge >= 0.3 is 15.2 Å². The van der Waals surface area contributed by atoms with Gasteiger partial charge in [-0.05, 0) is 32.0 Å². The molecular formula is C13H23NNaO7P2. The van der Waals surface area contributed by atoms with Gasteiger partial charge in [0.2, 0.25) is 0 Å². The van der Waals surface area contributed by atoms with Gasteiger partial charge in [0.1, 0.15) is 0 Å². The van der Waals surface area contributed by atoms with Crippen LogP contribution >= 0.6 is 15.2 Å². The summed E-state index contributed by atoms with van der Waals surface area (Å²) in [4.78, 5) is 37.9. The van der Waals surface area contributed by atoms with Gasteiger partial charge in [-0.25, -0.2) is 0 Å². The second kappa shape index (κ2) is 9.95. The van der Waals surface area contributed by atoms with Crippen molar-refractivity contribution >= 4 is 44.7 Å². The number of hydrogen-bond acceptors (Lipinski definition) is 4. The monoisotopic (exact) mass is 390 g/mol. The quantitative estimate of drug-likeness (QED) is 0.305. The van der Waals surface area contributed by atoms with Gasteiger partial charge < -0.3 is 29.6 Å². The van der Waals surface area contributed by atoms with Gasteiger partial charge in [0.05, 0.1) is 0 Å². The first-order valence-electron chi connectivity index (χ1n) is 7.03. The number of nitrogens with zero attached hydrogens (tertiary/aromatic N) is 1. The average molecular weight is 390 g/mol. The number of benzene rings is 1. The van der Waals surface area contributed by atoms with E-state index in [1.54, 1.807) is 11.9 Å². The molecule has 0 aliphatic rings. The van der Waals surface area contributed by atoms with Crippen molar-refractivity contribution in [2.24, 2.45) is 0 Å². The SMILES string of the molecule is CN(CCCc1ccccc1)CCC(O)(P(=O)(O)O)P(=O)(O)O.[Na]. The normalized spacial score (nSPS) is 13.0. The van der Waals surface area contributed by atoms with Crippen molar-refractivity contribution in [3.05, 3.63) is 35.9 Å². The second-order valence-electron chi connectivity index (χ2n) is 5.50. The predicted molar refractivity (Wildman–Crippen MR) is 91.7 cm³/mol. The molecule has 0 fully saturated rings. The summed E-state index contributed by atoms with van der Waals surface area (Å²) in [6.45, 7) is 0.509.